The van der Waals surface area contributed by atoms with Crippen LogP contribution in [0.1, 0.15) is 16.2 Å². The molecule has 0 aliphatic heterocycles. The Kier molecular flexibility index (Phi) is 7.57. The number of benzene rings is 3. The van der Waals surface area contributed by atoms with E-state index in [2.05, 4.69) is 20.3 Å². The van der Waals surface area contributed by atoms with E-state index in [9.17, 15) is 23.5 Å². The minimum Gasteiger partial charge on any atom is -0.490 e. The minimum absolute atomic E-state index is 0.00175. The maximum atomic E-state index is 14.6. The average molecular weight is 560 g/mol. The molecule has 0 fully saturated rings. The molecule has 0 bridgehead atoms. The lowest BCUT2D eigenvalue weighted by Crippen LogP contribution is -2.36. The number of H-pyrrole nitrogens is 1. The number of hydrogen-bond acceptors (Lipinski definition) is 7. The first-order chi connectivity index (χ1) is 19.7. The zero-order valence-corrected chi connectivity index (χ0v) is 21.3. The van der Waals surface area contributed by atoms with E-state index >= 15 is 0 Å². The van der Waals surface area contributed by atoms with Crippen LogP contribution in [-0.4, -0.2) is 49.8 Å². The Morgan fingerprint density at radius 2 is 1.78 bits per heavy atom. The van der Waals surface area contributed by atoms with Gasteiger partial charge in [-0.05, 0) is 54.6 Å². The number of rotatable bonds is 10. The number of carboxylic acids is 2. The number of ether oxygens (including phenoxy) is 1. The highest BCUT2D eigenvalue weighted by Gasteiger charge is 2.18. The number of fused-ring (bicyclic) bond motifs is 1. The first-order valence-corrected chi connectivity index (χ1v) is 12.3. The molecule has 0 unspecified atom stereocenters. The smallest absolute Gasteiger partial charge is 0.338 e. The van der Waals surface area contributed by atoms with Gasteiger partial charge in [-0.25, -0.2) is 18.6 Å². The van der Waals surface area contributed by atoms with Gasteiger partial charge in [-0.3, -0.25) is 9.78 Å². The lowest BCUT2D eigenvalue weighted by Gasteiger charge is -2.10. The number of pyridine rings is 1. The largest absolute Gasteiger partial charge is 0.490 e. The molecule has 0 aliphatic carbocycles. The highest BCUT2D eigenvalue weighted by Crippen LogP contribution is 2.33. The molecular formula is C29H23F2N5O5. The van der Waals surface area contributed by atoms with Crippen LogP contribution in [0.25, 0.3) is 33.4 Å². The van der Waals surface area contributed by atoms with E-state index in [-0.39, 0.29) is 18.8 Å². The second-order valence-corrected chi connectivity index (χ2v) is 9.07. The monoisotopic (exact) mass is 559 g/mol. The first-order valence-electron chi connectivity index (χ1n) is 12.3. The van der Waals surface area contributed by atoms with Gasteiger partial charge in [0.25, 0.3) is 0 Å². The van der Waals surface area contributed by atoms with Crippen molar-refractivity contribution in [3.05, 3.63) is 95.9 Å². The second-order valence-electron chi connectivity index (χ2n) is 9.07. The van der Waals surface area contributed by atoms with Gasteiger partial charge in [-0.1, -0.05) is 12.1 Å². The fourth-order valence-electron chi connectivity index (χ4n) is 4.15. The molecule has 2 aromatic heterocycles. The van der Waals surface area contributed by atoms with Gasteiger partial charge in [0.1, 0.15) is 30.0 Å². The summed E-state index contributed by atoms with van der Waals surface area (Å²) in [5, 5.41) is 21.8. The molecule has 0 saturated carbocycles. The van der Waals surface area contributed by atoms with E-state index in [0.717, 1.165) is 0 Å². The van der Waals surface area contributed by atoms with E-state index in [4.69, 9.17) is 15.6 Å². The van der Waals surface area contributed by atoms with Gasteiger partial charge in [-0.2, -0.15) is 0 Å². The van der Waals surface area contributed by atoms with Crippen LogP contribution in [0.15, 0.2) is 72.9 Å². The number of aromatic amines is 1. The Morgan fingerprint density at radius 1 is 1.02 bits per heavy atom. The highest BCUT2D eigenvalue weighted by atomic mass is 19.1. The SMILES string of the molecule is N[C@@H](COc1cnc2ccc(-c3[nH]c(CNc4cccc(C(=O)O)c4F)nc3-c3ccc(F)cc3)cc2c1)C(=O)O. The summed E-state index contributed by atoms with van der Waals surface area (Å²) in [6, 6.07) is 15.8. The van der Waals surface area contributed by atoms with Crippen LogP contribution in [0.3, 0.4) is 0 Å². The van der Waals surface area contributed by atoms with Crippen molar-refractivity contribution in [3.63, 3.8) is 0 Å². The van der Waals surface area contributed by atoms with Crippen molar-refractivity contribution in [1.82, 2.24) is 15.0 Å². The van der Waals surface area contributed by atoms with Crippen LogP contribution in [-0.2, 0) is 11.3 Å². The molecule has 5 aromatic rings. The third kappa shape index (κ3) is 5.97. The molecular weight excluding hydrogens is 536 g/mol. The third-order valence-electron chi connectivity index (χ3n) is 6.24. The normalized spacial score (nSPS) is 11.8. The van der Waals surface area contributed by atoms with Gasteiger partial charge in [0.15, 0.2) is 5.82 Å². The molecule has 2 heterocycles. The van der Waals surface area contributed by atoms with E-state index in [1.54, 1.807) is 24.3 Å². The Bertz CT molecular complexity index is 1760. The zero-order valence-electron chi connectivity index (χ0n) is 21.3. The molecule has 10 nitrogen and oxygen atoms in total. The van der Waals surface area contributed by atoms with Gasteiger partial charge in [0.2, 0.25) is 0 Å². The van der Waals surface area contributed by atoms with Crippen molar-refractivity contribution in [2.75, 3.05) is 11.9 Å². The minimum atomic E-state index is -1.38. The van der Waals surface area contributed by atoms with Gasteiger partial charge in [0, 0.05) is 16.5 Å². The quantitative estimate of drug-likeness (QED) is 0.164. The van der Waals surface area contributed by atoms with Crippen molar-refractivity contribution in [2.24, 2.45) is 5.73 Å². The lowest BCUT2D eigenvalue weighted by atomic mass is 10.0. The van der Waals surface area contributed by atoms with Crippen LogP contribution in [0.4, 0.5) is 14.5 Å². The number of carboxylic acid groups (broad SMARTS) is 2. The number of nitrogens with zero attached hydrogens (tertiary/aromatic N) is 2. The number of anilines is 1. The molecule has 3 aromatic carbocycles. The number of aliphatic carboxylic acids is 1. The summed E-state index contributed by atoms with van der Waals surface area (Å²) in [6.45, 7) is -0.199. The third-order valence-corrected chi connectivity index (χ3v) is 6.24. The molecule has 0 aliphatic rings. The summed E-state index contributed by atoms with van der Waals surface area (Å²) in [5.74, 6) is -3.11. The van der Waals surface area contributed by atoms with Crippen molar-refractivity contribution in [2.45, 2.75) is 12.6 Å². The van der Waals surface area contributed by atoms with Crippen molar-refractivity contribution in [3.8, 4) is 28.3 Å². The van der Waals surface area contributed by atoms with E-state index < -0.39 is 35.2 Å². The number of halogens is 2. The summed E-state index contributed by atoms with van der Waals surface area (Å²) in [7, 11) is 0. The molecule has 5 rings (SSSR count). The molecule has 0 spiro atoms. The Hall–Kier alpha value is -5.36. The molecule has 1 atom stereocenters. The maximum absolute atomic E-state index is 14.6. The number of aromatic nitrogens is 3. The van der Waals surface area contributed by atoms with E-state index in [1.165, 1.54) is 36.5 Å². The summed E-state index contributed by atoms with van der Waals surface area (Å²) in [5.41, 5.74) is 8.14. The Morgan fingerprint density at radius 3 is 2.51 bits per heavy atom. The van der Waals surface area contributed by atoms with Gasteiger partial charge in [0.05, 0.1) is 40.9 Å². The molecule has 0 amide bonds. The fourth-order valence-corrected chi connectivity index (χ4v) is 4.15. The zero-order chi connectivity index (χ0) is 29.1. The number of aromatic carboxylic acids is 1. The standard InChI is InChI=1S/C29H23F2N5O5/c30-18-7-4-15(5-8-18)26-27(36-24(35-26)13-34-23-3-1-2-20(25(23)31)28(37)38)16-6-9-22-17(10-16)11-19(12-33-22)41-14-21(32)29(39)40/h1-12,21,34H,13-14,32H2,(H,35,36)(H,37,38)(H,39,40)/t21-/m0/s1. The number of imidazole rings is 1. The van der Waals surface area contributed by atoms with E-state index in [0.29, 0.717) is 45.0 Å². The number of carbonyl (C=O) groups is 2. The second kappa shape index (κ2) is 11.4. The Balaban J connectivity index is 1.49. The topological polar surface area (TPSA) is 163 Å². The summed E-state index contributed by atoms with van der Waals surface area (Å²) < 4.78 is 33.8. The molecule has 12 heteroatoms. The van der Waals surface area contributed by atoms with Crippen molar-refractivity contribution >= 4 is 28.5 Å². The van der Waals surface area contributed by atoms with Gasteiger partial charge < -0.3 is 31.0 Å². The maximum Gasteiger partial charge on any atom is 0.338 e. The lowest BCUT2D eigenvalue weighted by molar-refractivity contribution is -0.139. The number of hydrogen-bond donors (Lipinski definition) is 5. The number of nitrogens with one attached hydrogen (secondary N) is 2. The average Bonchev–Trinajstić information content (AvgIpc) is 3.39. The number of nitrogens with two attached hydrogens (primary N) is 1. The molecule has 6 N–H and O–H groups in total. The Labute approximate surface area is 231 Å². The predicted molar refractivity (Wildman–Crippen MR) is 147 cm³/mol. The molecule has 0 radical (unpaired) electrons. The molecule has 208 valence electrons. The predicted octanol–water partition coefficient (Wildman–Crippen LogP) is 4.67. The van der Waals surface area contributed by atoms with Crippen molar-refractivity contribution in [1.29, 1.82) is 0 Å². The van der Waals surface area contributed by atoms with Crippen LogP contribution in [0.2, 0.25) is 0 Å². The van der Waals surface area contributed by atoms with Crippen LogP contribution >= 0.6 is 0 Å². The van der Waals surface area contributed by atoms with Gasteiger partial charge >= 0.3 is 11.9 Å². The summed E-state index contributed by atoms with van der Waals surface area (Å²) in [4.78, 5) is 34.5. The highest BCUT2D eigenvalue weighted by molar-refractivity contribution is 5.89. The van der Waals surface area contributed by atoms with Crippen LogP contribution in [0, 0.1) is 11.6 Å². The van der Waals surface area contributed by atoms with Crippen LogP contribution in [0.5, 0.6) is 5.75 Å². The fraction of sp³-hybridized carbons (Fsp3) is 0.103. The molecule has 41 heavy (non-hydrogen) atoms. The molecule has 0 saturated heterocycles. The summed E-state index contributed by atoms with van der Waals surface area (Å²) in [6.07, 6.45) is 1.47. The van der Waals surface area contributed by atoms with Gasteiger partial charge in [-0.15, -0.1) is 0 Å². The van der Waals surface area contributed by atoms with E-state index in [1.807, 2.05) is 12.1 Å². The van der Waals surface area contributed by atoms with Crippen molar-refractivity contribution < 1.29 is 33.3 Å². The first kappa shape index (κ1) is 27.2. The summed E-state index contributed by atoms with van der Waals surface area (Å²) >= 11 is 0. The van der Waals surface area contributed by atoms with Crippen LogP contribution < -0.4 is 15.8 Å².